The van der Waals surface area contributed by atoms with Gasteiger partial charge < -0.3 is 10.1 Å². The average Bonchev–Trinajstić information content (AvgIpc) is 2.85. The smallest absolute Gasteiger partial charge is 0.270 e. The third-order valence-electron chi connectivity index (χ3n) is 4.54. The van der Waals surface area contributed by atoms with Crippen molar-refractivity contribution in [1.82, 2.24) is 20.1 Å². The van der Waals surface area contributed by atoms with Crippen LogP contribution in [0.3, 0.4) is 0 Å². The van der Waals surface area contributed by atoms with Crippen LogP contribution in [-0.2, 0) is 24.8 Å². The monoisotopic (exact) mass is 328 g/mol. The van der Waals surface area contributed by atoms with Gasteiger partial charge in [-0.25, -0.2) is 0 Å². The van der Waals surface area contributed by atoms with E-state index in [1.165, 1.54) is 0 Å². The van der Waals surface area contributed by atoms with E-state index in [0.29, 0.717) is 18.7 Å². The normalized spacial score (nSPS) is 19.9. The summed E-state index contributed by atoms with van der Waals surface area (Å²) in [4.78, 5) is 17.2. The van der Waals surface area contributed by atoms with Gasteiger partial charge in [-0.3, -0.25) is 14.5 Å². The number of fused-ring (bicyclic) bond motifs is 1. The SMILES string of the molecule is Cc1ccc(CNC(=O)c2c3c(nn2C)[C@H](C)O[C@H](C)C3)nc1C. The van der Waals surface area contributed by atoms with E-state index in [4.69, 9.17) is 4.74 Å². The Labute approximate surface area is 142 Å². The molecule has 1 amide bonds. The van der Waals surface area contributed by atoms with Crippen LogP contribution in [0.2, 0.25) is 0 Å². The first-order chi connectivity index (χ1) is 11.4. The second kappa shape index (κ2) is 6.36. The summed E-state index contributed by atoms with van der Waals surface area (Å²) in [6.07, 6.45) is 0.709. The summed E-state index contributed by atoms with van der Waals surface area (Å²) in [5.74, 6) is -0.118. The zero-order chi connectivity index (χ0) is 17.4. The molecule has 0 saturated carbocycles. The molecule has 1 N–H and O–H groups in total. The molecule has 1 aliphatic heterocycles. The zero-order valence-corrected chi connectivity index (χ0v) is 14.9. The van der Waals surface area contributed by atoms with E-state index in [0.717, 1.165) is 28.2 Å². The molecule has 2 aromatic heterocycles. The summed E-state index contributed by atoms with van der Waals surface area (Å²) >= 11 is 0. The second-order valence-corrected chi connectivity index (χ2v) is 6.52. The van der Waals surface area contributed by atoms with Crippen molar-refractivity contribution in [2.24, 2.45) is 7.05 Å². The molecule has 6 nitrogen and oxygen atoms in total. The number of carbonyl (C=O) groups excluding carboxylic acids is 1. The van der Waals surface area contributed by atoms with Crippen LogP contribution in [0.5, 0.6) is 0 Å². The molecule has 3 rings (SSSR count). The van der Waals surface area contributed by atoms with Crippen molar-refractivity contribution in [1.29, 1.82) is 0 Å². The lowest BCUT2D eigenvalue weighted by molar-refractivity contribution is -0.00710. The fourth-order valence-electron chi connectivity index (χ4n) is 3.18. The molecule has 1 aliphatic rings. The van der Waals surface area contributed by atoms with E-state index >= 15 is 0 Å². The predicted octanol–water partition coefficient (Wildman–Crippen LogP) is 2.38. The maximum absolute atomic E-state index is 12.7. The lowest BCUT2D eigenvalue weighted by Crippen LogP contribution is -2.28. The number of aryl methyl sites for hydroxylation is 3. The van der Waals surface area contributed by atoms with E-state index in [-0.39, 0.29) is 18.1 Å². The largest absolute Gasteiger partial charge is 0.369 e. The molecule has 128 valence electrons. The number of nitrogens with zero attached hydrogens (tertiary/aromatic N) is 3. The minimum atomic E-state index is -0.118. The molecule has 6 heteroatoms. The molecular formula is C18H24N4O2. The third kappa shape index (κ3) is 3.06. The first kappa shape index (κ1) is 16.6. The highest BCUT2D eigenvalue weighted by Gasteiger charge is 2.31. The summed E-state index contributed by atoms with van der Waals surface area (Å²) < 4.78 is 7.46. The van der Waals surface area contributed by atoms with Crippen molar-refractivity contribution >= 4 is 5.91 Å². The van der Waals surface area contributed by atoms with E-state index in [9.17, 15) is 4.79 Å². The molecule has 0 radical (unpaired) electrons. The van der Waals surface area contributed by atoms with Crippen LogP contribution in [0.25, 0.3) is 0 Å². The molecule has 0 unspecified atom stereocenters. The summed E-state index contributed by atoms with van der Waals surface area (Å²) in [5, 5.41) is 7.45. The van der Waals surface area contributed by atoms with Crippen molar-refractivity contribution < 1.29 is 9.53 Å². The standard InChI is InChI=1S/C18H24N4O2/c1-10-6-7-14(20-12(10)3)9-19-18(23)17-15-8-11(2)24-13(4)16(15)21-22(17)5/h6-7,11,13H,8-9H2,1-5H3,(H,19,23)/t11-,13+/m1/s1. The van der Waals surface area contributed by atoms with Crippen molar-refractivity contribution in [2.75, 3.05) is 0 Å². The lowest BCUT2D eigenvalue weighted by Gasteiger charge is -2.24. The summed E-state index contributed by atoms with van der Waals surface area (Å²) in [6, 6.07) is 3.97. The number of pyridine rings is 1. The Morgan fingerprint density at radius 2 is 2.12 bits per heavy atom. The Morgan fingerprint density at radius 3 is 2.83 bits per heavy atom. The average molecular weight is 328 g/mol. The number of carbonyl (C=O) groups is 1. The Balaban J connectivity index is 1.79. The number of ether oxygens (including phenoxy) is 1. The summed E-state index contributed by atoms with van der Waals surface area (Å²) in [7, 11) is 1.80. The Bertz CT molecular complexity index is 782. The number of hydrogen-bond donors (Lipinski definition) is 1. The molecular weight excluding hydrogens is 304 g/mol. The van der Waals surface area contributed by atoms with E-state index in [2.05, 4.69) is 15.4 Å². The van der Waals surface area contributed by atoms with Crippen molar-refractivity contribution in [2.45, 2.75) is 52.9 Å². The van der Waals surface area contributed by atoms with Gasteiger partial charge in [-0.15, -0.1) is 0 Å². The number of hydrogen-bond acceptors (Lipinski definition) is 4. The van der Waals surface area contributed by atoms with Gasteiger partial charge in [0, 0.05) is 24.7 Å². The second-order valence-electron chi connectivity index (χ2n) is 6.52. The van der Waals surface area contributed by atoms with Crippen LogP contribution < -0.4 is 5.32 Å². The summed E-state index contributed by atoms with van der Waals surface area (Å²) in [5.41, 5.74) is 5.47. The van der Waals surface area contributed by atoms with Gasteiger partial charge in [-0.2, -0.15) is 5.10 Å². The van der Waals surface area contributed by atoms with Crippen LogP contribution in [0, 0.1) is 13.8 Å². The predicted molar refractivity (Wildman–Crippen MR) is 90.8 cm³/mol. The van der Waals surface area contributed by atoms with Gasteiger partial charge in [0.15, 0.2) is 0 Å². The molecule has 0 aromatic carbocycles. The minimum absolute atomic E-state index is 0.0853. The number of aromatic nitrogens is 3. The van der Waals surface area contributed by atoms with Crippen LogP contribution in [0.4, 0.5) is 0 Å². The number of nitrogens with one attached hydrogen (secondary N) is 1. The number of amides is 1. The minimum Gasteiger partial charge on any atom is -0.369 e. The molecule has 0 saturated heterocycles. The topological polar surface area (TPSA) is 69.0 Å². The van der Waals surface area contributed by atoms with Crippen LogP contribution in [0.15, 0.2) is 12.1 Å². The van der Waals surface area contributed by atoms with Gasteiger partial charge in [0.1, 0.15) is 5.69 Å². The molecule has 0 spiro atoms. The highest BCUT2D eigenvalue weighted by Crippen LogP contribution is 2.31. The molecule has 0 bridgehead atoms. The molecule has 0 aliphatic carbocycles. The quantitative estimate of drug-likeness (QED) is 0.939. The molecule has 2 aromatic rings. The van der Waals surface area contributed by atoms with Gasteiger partial charge in [-0.05, 0) is 39.3 Å². The number of rotatable bonds is 3. The van der Waals surface area contributed by atoms with Crippen LogP contribution >= 0.6 is 0 Å². The molecule has 0 fully saturated rings. The van der Waals surface area contributed by atoms with Crippen molar-refractivity contribution in [3.8, 4) is 0 Å². The Kier molecular flexibility index (Phi) is 4.41. The zero-order valence-electron chi connectivity index (χ0n) is 14.9. The molecule has 3 heterocycles. The van der Waals surface area contributed by atoms with Crippen molar-refractivity contribution in [3.05, 3.63) is 46.0 Å². The van der Waals surface area contributed by atoms with Gasteiger partial charge in [-0.1, -0.05) is 6.07 Å². The van der Waals surface area contributed by atoms with Gasteiger partial charge >= 0.3 is 0 Å². The molecule has 24 heavy (non-hydrogen) atoms. The van der Waals surface area contributed by atoms with E-state index < -0.39 is 0 Å². The first-order valence-electron chi connectivity index (χ1n) is 8.29. The first-order valence-corrected chi connectivity index (χ1v) is 8.29. The van der Waals surface area contributed by atoms with Gasteiger partial charge in [0.05, 0.1) is 30.1 Å². The fourth-order valence-corrected chi connectivity index (χ4v) is 3.18. The highest BCUT2D eigenvalue weighted by molar-refractivity contribution is 5.94. The van der Waals surface area contributed by atoms with E-state index in [1.807, 2.05) is 39.8 Å². The summed E-state index contributed by atoms with van der Waals surface area (Å²) in [6.45, 7) is 8.40. The maximum Gasteiger partial charge on any atom is 0.270 e. The third-order valence-corrected chi connectivity index (χ3v) is 4.54. The van der Waals surface area contributed by atoms with Crippen molar-refractivity contribution in [3.63, 3.8) is 0 Å². The van der Waals surface area contributed by atoms with E-state index in [1.54, 1.807) is 11.7 Å². The maximum atomic E-state index is 12.7. The fraction of sp³-hybridized carbons (Fsp3) is 0.500. The van der Waals surface area contributed by atoms with Crippen LogP contribution in [-0.4, -0.2) is 26.8 Å². The van der Waals surface area contributed by atoms with Gasteiger partial charge in [0.25, 0.3) is 5.91 Å². The van der Waals surface area contributed by atoms with Gasteiger partial charge in [0.2, 0.25) is 0 Å². The Hall–Kier alpha value is -2.21. The Morgan fingerprint density at radius 1 is 1.38 bits per heavy atom. The van der Waals surface area contributed by atoms with Crippen LogP contribution in [0.1, 0.15) is 58.6 Å². The molecule has 2 atom stereocenters. The lowest BCUT2D eigenvalue weighted by atomic mass is 9.99. The highest BCUT2D eigenvalue weighted by atomic mass is 16.5.